The number of rotatable bonds is 5. The first kappa shape index (κ1) is 11.8. The molecule has 1 aromatic rings. The van der Waals surface area contributed by atoms with Gasteiger partial charge < -0.3 is 15.2 Å². The third-order valence-corrected chi connectivity index (χ3v) is 3.16. The topological polar surface area (TPSA) is 58.6 Å². The summed E-state index contributed by atoms with van der Waals surface area (Å²) in [5, 5.41) is 12.3. The molecule has 1 fully saturated rings. The summed E-state index contributed by atoms with van der Waals surface area (Å²) in [5.74, 6) is 0.463. The van der Waals surface area contributed by atoms with Crippen LogP contribution in [0.4, 0.5) is 5.69 Å². The summed E-state index contributed by atoms with van der Waals surface area (Å²) in [6.07, 6.45) is 2.49. The number of methoxy groups -OCH3 is 1. The first-order valence-electron chi connectivity index (χ1n) is 5.79. The number of ether oxygens (including phenoxy) is 1. The van der Waals surface area contributed by atoms with Crippen LogP contribution in [0.3, 0.4) is 0 Å². The molecule has 0 saturated heterocycles. The summed E-state index contributed by atoms with van der Waals surface area (Å²) in [6.45, 7) is 2.12. The Labute approximate surface area is 101 Å². The molecule has 0 amide bonds. The molecule has 2 N–H and O–H groups in total. The van der Waals surface area contributed by atoms with E-state index in [4.69, 9.17) is 9.84 Å². The van der Waals surface area contributed by atoms with E-state index >= 15 is 0 Å². The summed E-state index contributed by atoms with van der Waals surface area (Å²) in [7, 11) is 1.59. The van der Waals surface area contributed by atoms with Crippen molar-refractivity contribution in [3.8, 4) is 5.75 Å². The highest BCUT2D eigenvalue weighted by Gasteiger charge is 2.28. The number of nitrogens with one attached hydrogen (secondary N) is 1. The molecular formula is C13H17NO3. The van der Waals surface area contributed by atoms with E-state index in [0.717, 1.165) is 5.69 Å². The predicted octanol–water partition coefficient (Wildman–Crippen LogP) is 2.60. The highest BCUT2D eigenvalue weighted by molar-refractivity contribution is 5.89. The Morgan fingerprint density at radius 3 is 2.76 bits per heavy atom. The van der Waals surface area contributed by atoms with Gasteiger partial charge in [0.1, 0.15) is 5.75 Å². The maximum Gasteiger partial charge on any atom is 0.335 e. The van der Waals surface area contributed by atoms with Crippen molar-refractivity contribution in [2.45, 2.75) is 25.8 Å². The molecule has 92 valence electrons. The van der Waals surface area contributed by atoms with E-state index in [9.17, 15) is 4.79 Å². The molecule has 1 atom stereocenters. The van der Waals surface area contributed by atoms with Crippen LogP contribution in [-0.4, -0.2) is 24.2 Å². The SMILES string of the molecule is COc1ccc(C(=O)O)cc1NC(C)C1CC1. The minimum absolute atomic E-state index is 0.274. The van der Waals surface area contributed by atoms with Crippen molar-refractivity contribution in [3.05, 3.63) is 23.8 Å². The minimum Gasteiger partial charge on any atom is -0.495 e. The highest BCUT2D eigenvalue weighted by atomic mass is 16.5. The maximum atomic E-state index is 10.9. The molecule has 0 radical (unpaired) electrons. The molecule has 0 heterocycles. The Kier molecular flexibility index (Phi) is 3.22. The van der Waals surface area contributed by atoms with Gasteiger partial charge in [-0.1, -0.05) is 0 Å². The van der Waals surface area contributed by atoms with Gasteiger partial charge in [-0.2, -0.15) is 0 Å². The lowest BCUT2D eigenvalue weighted by atomic mass is 10.1. The smallest absolute Gasteiger partial charge is 0.335 e. The average molecular weight is 235 g/mol. The van der Waals surface area contributed by atoms with Gasteiger partial charge in [-0.25, -0.2) is 4.79 Å². The Balaban J connectivity index is 2.21. The minimum atomic E-state index is -0.922. The van der Waals surface area contributed by atoms with Gasteiger partial charge in [0.05, 0.1) is 18.4 Å². The molecule has 1 unspecified atom stereocenters. The van der Waals surface area contributed by atoms with Crippen LogP contribution in [-0.2, 0) is 0 Å². The zero-order valence-electron chi connectivity index (χ0n) is 10.1. The quantitative estimate of drug-likeness (QED) is 0.823. The second-order valence-electron chi connectivity index (χ2n) is 4.49. The van der Waals surface area contributed by atoms with Crippen molar-refractivity contribution < 1.29 is 14.6 Å². The summed E-state index contributed by atoms with van der Waals surface area (Å²) in [5.41, 5.74) is 1.03. The van der Waals surface area contributed by atoms with Crippen LogP contribution < -0.4 is 10.1 Å². The van der Waals surface area contributed by atoms with E-state index in [2.05, 4.69) is 12.2 Å². The number of anilines is 1. The Hall–Kier alpha value is -1.71. The molecule has 1 aliphatic carbocycles. The van der Waals surface area contributed by atoms with E-state index in [1.165, 1.54) is 12.8 Å². The number of hydrogen-bond acceptors (Lipinski definition) is 3. The first-order chi connectivity index (χ1) is 8.11. The predicted molar refractivity (Wildman–Crippen MR) is 65.8 cm³/mol. The molecule has 1 aliphatic rings. The lowest BCUT2D eigenvalue weighted by molar-refractivity contribution is 0.0697. The lowest BCUT2D eigenvalue weighted by Crippen LogP contribution is -2.18. The van der Waals surface area contributed by atoms with Gasteiger partial charge in [-0.15, -0.1) is 0 Å². The number of carbonyl (C=O) groups is 1. The molecule has 0 bridgehead atoms. The fourth-order valence-corrected chi connectivity index (χ4v) is 1.91. The second kappa shape index (κ2) is 4.65. The molecule has 1 saturated carbocycles. The number of carboxylic acid groups (broad SMARTS) is 1. The third-order valence-electron chi connectivity index (χ3n) is 3.16. The van der Waals surface area contributed by atoms with Crippen LogP contribution in [0.15, 0.2) is 18.2 Å². The summed E-state index contributed by atoms with van der Waals surface area (Å²) >= 11 is 0. The maximum absolute atomic E-state index is 10.9. The molecule has 1 aromatic carbocycles. The van der Waals surface area contributed by atoms with Crippen LogP contribution in [0.5, 0.6) is 5.75 Å². The van der Waals surface area contributed by atoms with Crippen LogP contribution >= 0.6 is 0 Å². The van der Waals surface area contributed by atoms with Crippen molar-refractivity contribution in [2.24, 2.45) is 5.92 Å². The van der Waals surface area contributed by atoms with Crippen LogP contribution in [0.25, 0.3) is 0 Å². The molecule has 4 nitrogen and oxygen atoms in total. The van der Waals surface area contributed by atoms with Gasteiger partial charge in [0.2, 0.25) is 0 Å². The highest BCUT2D eigenvalue weighted by Crippen LogP contribution is 2.35. The molecule has 0 aliphatic heterocycles. The van der Waals surface area contributed by atoms with Crippen molar-refractivity contribution in [1.82, 2.24) is 0 Å². The van der Waals surface area contributed by atoms with Crippen molar-refractivity contribution in [1.29, 1.82) is 0 Å². The van der Waals surface area contributed by atoms with E-state index in [1.807, 2.05) is 0 Å². The molecule has 0 spiro atoms. The fourth-order valence-electron chi connectivity index (χ4n) is 1.91. The number of hydrogen-bond donors (Lipinski definition) is 2. The standard InChI is InChI=1S/C13H17NO3/c1-8(9-3-4-9)14-11-7-10(13(15)16)5-6-12(11)17-2/h5-9,14H,3-4H2,1-2H3,(H,15,16). The van der Waals surface area contributed by atoms with Gasteiger partial charge in [0.25, 0.3) is 0 Å². The Morgan fingerprint density at radius 1 is 1.53 bits per heavy atom. The first-order valence-corrected chi connectivity index (χ1v) is 5.79. The molecule has 17 heavy (non-hydrogen) atoms. The zero-order valence-corrected chi connectivity index (χ0v) is 10.1. The average Bonchev–Trinajstić information content (AvgIpc) is 3.12. The molecule has 4 heteroatoms. The summed E-state index contributed by atoms with van der Waals surface area (Å²) in [4.78, 5) is 10.9. The summed E-state index contributed by atoms with van der Waals surface area (Å²) < 4.78 is 5.23. The lowest BCUT2D eigenvalue weighted by Gasteiger charge is -2.17. The second-order valence-corrected chi connectivity index (χ2v) is 4.49. The normalized spacial score (nSPS) is 16.4. The summed E-state index contributed by atoms with van der Waals surface area (Å²) in [6, 6.07) is 5.22. The van der Waals surface area contributed by atoms with Crippen LogP contribution in [0, 0.1) is 5.92 Å². The molecule has 0 aromatic heterocycles. The molecule has 2 rings (SSSR count). The number of carboxylic acids is 1. The third kappa shape index (κ3) is 2.70. The Morgan fingerprint density at radius 2 is 2.24 bits per heavy atom. The van der Waals surface area contributed by atoms with Gasteiger partial charge in [0.15, 0.2) is 0 Å². The van der Waals surface area contributed by atoms with E-state index in [-0.39, 0.29) is 5.56 Å². The van der Waals surface area contributed by atoms with Gasteiger partial charge >= 0.3 is 5.97 Å². The largest absolute Gasteiger partial charge is 0.495 e. The van der Waals surface area contributed by atoms with Gasteiger partial charge in [0, 0.05) is 6.04 Å². The van der Waals surface area contributed by atoms with Crippen molar-refractivity contribution in [3.63, 3.8) is 0 Å². The number of benzene rings is 1. The van der Waals surface area contributed by atoms with Crippen molar-refractivity contribution >= 4 is 11.7 Å². The van der Waals surface area contributed by atoms with E-state index < -0.39 is 5.97 Å². The monoisotopic (exact) mass is 235 g/mol. The molecular weight excluding hydrogens is 218 g/mol. The van der Waals surface area contributed by atoms with Crippen LogP contribution in [0.2, 0.25) is 0 Å². The zero-order chi connectivity index (χ0) is 12.4. The van der Waals surface area contributed by atoms with E-state index in [1.54, 1.807) is 25.3 Å². The van der Waals surface area contributed by atoms with Gasteiger partial charge in [-0.3, -0.25) is 0 Å². The van der Waals surface area contributed by atoms with Gasteiger partial charge in [-0.05, 0) is 43.9 Å². The fraction of sp³-hybridized carbons (Fsp3) is 0.462. The van der Waals surface area contributed by atoms with Crippen molar-refractivity contribution in [2.75, 3.05) is 12.4 Å². The number of aromatic carboxylic acids is 1. The Bertz CT molecular complexity index is 427. The van der Waals surface area contributed by atoms with Crippen LogP contribution in [0.1, 0.15) is 30.1 Å². The van der Waals surface area contributed by atoms with E-state index in [0.29, 0.717) is 17.7 Å².